The number of pyridine rings is 1. The number of nitrogens with one attached hydrogen (secondary N) is 2. The quantitative estimate of drug-likeness (QED) is 0.472. The Morgan fingerprint density at radius 1 is 1.16 bits per heavy atom. The molecule has 4 rings (SSSR count). The highest BCUT2D eigenvalue weighted by molar-refractivity contribution is 5.89. The van der Waals surface area contributed by atoms with Gasteiger partial charge in [-0.2, -0.15) is 13.2 Å². The van der Waals surface area contributed by atoms with Crippen molar-refractivity contribution < 1.29 is 13.2 Å². The van der Waals surface area contributed by atoms with E-state index in [-0.39, 0.29) is 11.2 Å². The van der Waals surface area contributed by atoms with E-state index in [0.717, 1.165) is 43.4 Å². The number of nitrogen functional groups attached to an aromatic ring is 1. The molecule has 1 aromatic carbocycles. The monoisotopic (exact) mass is 443 g/mol. The molecule has 1 aliphatic rings. The number of hydrogen-bond acceptors (Lipinski definition) is 5. The van der Waals surface area contributed by atoms with Gasteiger partial charge in [-0.1, -0.05) is 6.08 Å². The van der Waals surface area contributed by atoms with Crippen molar-refractivity contribution in [3.8, 4) is 0 Å². The van der Waals surface area contributed by atoms with E-state index in [1.165, 1.54) is 6.07 Å². The molecule has 1 atom stereocenters. The van der Waals surface area contributed by atoms with Gasteiger partial charge in [0.2, 0.25) is 0 Å². The number of nitrogens with zero attached hydrogens (tertiary/aromatic N) is 2. The predicted molar refractivity (Wildman–Crippen MR) is 119 cm³/mol. The first-order valence-corrected chi connectivity index (χ1v) is 10.5. The van der Waals surface area contributed by atoms with Crippen LogP contribution >= 0.6 is 0 Å². The minimum Gasteiger partial charge on any atom is -0.399 e. The number of rotatable bonds is 4. The maximum Gasteiger partial charge on any atom is 0.416 e. The van der Waals surface area contributed by atoms with Crippen LogP contribution in [0.4, 0.5) is 24.7 Å². The molecule has 0 unspecified atom stereocenters. The Kier molecular flexibility index (Phi) is 5.66. The van der Waals surface area contributed by atoms with Gasteiger partial charge in [0.25, 0.3) is 5.56 Å². The third-order valence-electron chi connectivity index (χ3n) is 5.62. The second-order valence-corrected chi connectivity index (χ2v) is 8.12. The Hall–Kier alpha value is -3.36. The van der Waals surface area contributed by atoms with Crippen molar-refractivity contribution in [3.63, 3.8) is 0 Å². The lowest BCUT2D eigenvalue weighted by Gasteiger charge is -2.19. The fourth-order valence-corrected chi connectivity index (χ4v) is 4.01. The first-order chi connectivity index (χ1) is 15.1. The molecular formula is C23H24F3N5O. The smallest absolute Gasteiger partial charge is 0.399 e. The number of fused-ring (bicyclic) bond motifs is 1. The highest BCUT2D eigenvalue weighted by Gasteiger charge is 2.31. The Morgan fingerprint density at radius 3 is 2.62 bits per heavy atom. The van der Waals surface area contributed by atoms with Crippen molar-refractivity contribution in [1.29, 1.82) is 0 Å². The van der Waals surface area contributed by atoms with Gasteiger partial charge in [0.15, 0.2) is 0 Å². The lowest BCUT2D eigenvalue weighted by atomic mass is 9.94. The van der Waals surface area contributed by atoms with Gasteiger partial charge in [-0.3, -0.25) is 4.79 Å². The topological polar surface area (TPSA) is 96.7 Å². The van der Waals surface area contributed by atoms with Crippen LogP contribution in [0.15, 0.2) is 35.1 Å². The Morgan fingerprint density at radius 2 is 1.94 bits per heavy atom. The number of aryl methyl sites for hydroxylation is 1. The van der Waals surface area contributed by atoms with Gasteiger partial charge in [-0.25, -0.2) is 9.97 Å². The normalized spacial score (nSPS) is 15.5. The van der Waals surface area contributed by atoms with Gasteiger partial charge in [-0.05, 0) is 74.9 Å². The largest absolute Gasteiger partial charge is 0.416 e. The van der Waals surface area contributed by atoms with Crippen molar-refractivity contribution in [2.24, 2.45) is 0 Å². The van der Waals surface area contributed by atoms with Crippen LogP contribution in [0, 0.1) is 6.92 Å². The highest BCUT2D eigenvalue weighted by Crippen LogP contribution is 2.34. The molecule has 0 saturated heterocycles. The highest BCUT2D eigenvalue weighted by atomic mass is 19.4. The lowest BCUT2D eigenvalue weighted by Crippen LogP contribution is -2.16. The van der Waals surface area contributed by atoms with Crippen LogP contribution in [0.2, 0.25) is 0 Å². The van der Waals surface area contributed by atoms with Crippen LogP contribution < -0.4 is 16.6 Å². The van der Waals surface area contributed by atoms with E-state index in [4.69, 9.17) is 5.73 Å². The van der Waals surface area contributed by atoms with E-state index in [9.17, 15) is 18.0 Å². The second-order valence-electron chi connectivity index (χ2n) is 8.12. The van der Waals surface area contributed by atoms with E-state index in [1.54, 1.807) is 19.9 Å². The molecule has 0 spiro atoms. The summed E-state index contributed by atoms with van der Waals surface area (Å²) in [6.45, 7) is 3.42. The summed E-state index contributed by atoms with van der Waals surface area (Å²) in [5, 5.41) is 3.78. The van der Waals surface area contributed by atoms with Crippen LogP contribution in [0.5, 0.6) is 0 Å². The minimum absolute atomic E-state index is 0.0306. The number of aromatic nitrogens is 3. The zero-order valence-electron chi connectivity index (χ0n) is 17.8. The first kappa shape index (κ1) is 21.9. The summed E-state index contributed by atoms with van der Waals surface area (Å²) in [5.74, 6) is 0.862. The Bertz CT molecular complexity index is 1260. The molecular weight excluding hydrogens is 419 g/mol. The number of allylic oxidation sites excluding steroid dienone is 2. The average Bonchev–Trinajstić information content (AvgIpc) is 2.72. The summed E-state index contributed by atoms with van der Waals surface area (Å²) in [5.41, 5.74) is 7.05. The number of benzene rings is 1. The van der Waals surface area contributed by atoms with Gasteiger partial charge in [-0.15, -0.1) is 0 Å². The fraction of sp³-hybridized carbons (Fsp3) is 0.348. The third-order valence-corrected chi connectivity index (χ3v) is 5.62. The molecule has 168 valence electrons. The lowest BCUT2D eigenvalue weighted by molar-refractivity contribution is -0.137. The summed E-state index contributed by atoms with van der Waals surface area (Å²) in [7, 11) is 0. The molecule has 0 saturated carbocycles. The summed E-state index contributed by atoms with van der Waals surface area (Å²) in [4.78, 5) is 24.3. The molecule has 2 heterocycles. The first-order valence-electron chi connectivity index (χ1n) is 10.5. The molecule has 2 aromatic heterocycles. The van der Waals surface area contributed by atoms with E-state index in [1.807, 2.05) is 0 Å². The van der Waals surface area contributed by atoms with Crippen LogP contribution in [0.1, 0.15) is 61.2 Å². The zero-order valence-corrected chi connectivity index (χ0v) is 17.8. The Labute approximate surface area is 182 Å². The molecule has 1 aliphatic carbocycles. The molecule has 0 amide bonds. The van der Waals surface area contributed by atoms with Crippen molar-refractivity contribution in [3.05, 3.63) is 63.2 Å². The summed E-state index contributed by atoms with van der Waals surface area (Å²) in [6, 6.07) is 4.73. The van der Waals surface area contributed by atoms with Crippen LogP contribution in [-0.2, 0) is 6.18 Å². The van der Waals surface area contributed by atoms with Crippen molar-refractivity contribution in [2.45, 2.75) is 51.7 Å². The summed E-state index contributed by atoms with van der Waals surface area (Å²) in [6.07, 6.45) is 1.45. The van der Waals surface area contributed by atoms with Gasteiger partial charge in [0, 0.05) is 11.3 Å². The molecule has 9 heteroatoms. The van der Waals surface area contributed by atoms with Gasteiger partial charge in [0.05, 0.1) is 17.0 Å². The van der Waals surface area contributed by atoms with Crippen LogP contribution in [0.3, 0.4) is 0 Å². The van der Waals surface area contributed by atoms with Gasteiger partial charge < -0.3 is 16.0 Å². The van der Waals surface area contributed by atoms with Crippen LogP contribution in [-0.4, -0.2) is 15.0 Å². The summed E-state index contributed by atoms with van der Waals surface area (Å²) >= 11 is 0. The van der Waals surface area contributed by atoms with Crippen LogP contribution in [0.25, 0.3) is 16.6 Å². The van der Waals surface area contributed by atoms with E-state index in [2.05, 4.69) is 26.3 Å². The molecule has 32 heavy (non-hydrogen) atoms. The van der Waals surface area contributed by atoms with Gasteiger partial charge >= 0.3 is 6.18 Å². The number of anilines is 2. The van der Waals surface area contributed by atoms with E-state index < -0.39 is 17.8 Å². The molecule has 0 fully saturated rings. The maximum absolute atomic E-state index is 13.2. The van der Waals surface area contributed by atoms with E-state index >= 15 is 0 Å². The maximum atomic E-state index is 13.2. The second kappa shape index (κ2) is 8.29. The summed E-state index contributed by atoms with van der Waals surface area (Å²) < 4.78 is 39.7. The fourth-order valence-electron chi connectivity index (χ4n) is 4.01. The van der Waals surface area contributed by atoms with E-state index in [0.29, 0.717) is 33.8 Å². The van der Waals surface area contributed by atoms with Gasteiger partial charge in [0.1, 0.15) is 17.3 Å². The van der Waals surface area contributed by atoms with Crippen molar-refractivity contribution in [1.82, 2.24) is 15.0 Å². The SMILES string of the molecule is Cc1nc(N[C@H](C)c2cc(N)cc(C(F)(F)F)c2)c2cc(C3=CCCCC3)c(=O)[nH]c2n1. The number of alkyl halides is 3. The number of H-pyrrole nitrogens is 1. The molecule has 6 nitrogen and oxygen atoms in total. The number of hydrogen-bond donors (Lipinski definition) is 3. The third kappa shape index (κ3) is 4.46. The molecule has 3 aromatic rings. The number of aromatic amines is 1. The minimum atomic E-state index is -4.50. The zero-order chi connectivity index (χ0) is 23.0. The average molecular weight is 443 g/mol. The molecule has 0 radical (unpaired) electrons. The predicted octanol–water partition coefficient (Wildman–Crippen LogP) is 5.36. The van der Waals surface area contributed by atoms with Crippen molar-refractivity contribution in [2.75, 3.05) is 11.1 Å². The number of nitrogens with two attached hydrogens (primary N) is 1. The molecule has 0 aliphatic heterocycles. The van der Waals surface area contributed by atoms with Crippen molar-refractivity contribution >= 4 is 28.1 Å². The molecule has 4 N–H and O–H groups in total. The standard InChI is InChI=1S/C23H24F3N5O/c1-12(15-8-16(23(24,25)26)10-17(27)9-15)28-20-19-11-18(14-6-4-3-5-7-14)22(32)31-21(19)30-13(2)29-20/h6,8-12H,3-5,7,27H2,1-2H3,(H2,28,29,30,31,32)/t12-/m1/s1. The molecule has 0 bridgehead atoms. The Balaban J connectivity index is 1.76. The number of halogens is 3.